The van der Waals surface area contributed by atoms with Crippen LogP contribution >= 0.6 is 0 Å². The van der Waals surface area contributed by atoms with Gasteiger partial charge in [-0.05, 0) is 50.4 Å². The number of rotatable bonds is 6. The van der Waals surface area contributed by atoms with Crippen LogP contribution in [0.4, 0.5) is 0 Å². The Labute approximate surface area is 121 Å². The molecule has 0 saturated heterocycles. The first-order valence-corrected chi connectivity index (χ1v) is 8.02. The van der Waals surface area contributed by atoms with Crippen molar-refractivity contribution in [2.24, 2.45) is 23.7 Å². The lowest BCUT2D eigenvalue weighted by molar-refractivity contribution is -0.173. The van der Waals surface area contributed by atoms with E-state index in [9.17, 15) is 9.59 Å². The lowest BCUT2D eigenvalue weighted by Crippen LogP contribution is -2.48. The Hall–Kier alpha value is -1.06. The van der Waals surface area contributed by atoms with E-state index in [1.54, 1.807) is 0 Å². The van der Waals surface area contributed by atoms with Gasteiger partial charge in [0.05, 0.1) is 25.0 Å². The van der Waals surface area contributed by atoms with Crippen molar-refractivity contribution in [3.05, 3.63) is 0 Å². The third-order valence-electron chi connectivity index (χ3n) is 4.66. The van der Waals surface area contributed by atoms with Gasteiger partial charge in [0, 0.05) is 0 Å². The highest BCUT2D eigenvalue weighted by Crippen LogP contribution is 2.49. The molecular weight excluding hydrogens is 256 g/mol. The summed E-state index contributed by atoms with van der Waals surface area (Å²) >= 11 is 0. The number of hydrogen-bond donors (Lipinski definition) is 0. The Kier molecular flexibility index (Phi) is 5.44. The van der Waals surface area contributed by atoms with Gasteiger partial charge in [0.15, 0.2) is 0 Å². The number of fused-ring (bicyclic) bond motifs is 3. The highest BCUT2D eigenvalue weighted by atomic mass is 16.5. The van der Waals surface area contributed by atoms with Gasteiger partial charge < -0.3 is 9.47 Å². The lowest BCUT2D eigenvalue weighted by atomic mass is 9.58. The molecule has 0 aromatic heterocycles. The number of ether oxygens (including phenoxy) is 2. The summed E-state index contributed by atoms with van der Waals surface area (Å²) in [6.07, 6.45) is 5.83. The van der Waals surface area contributed by atoms with Gasteiger partial charge in [-0.3, -0.25) is 9.59 Å². The van der Waals surface area contributed by atoms with Crippen LogP contribution in [0.5, 0.6) is 0 Å². The van der Waals surface area contributed by atoms with Gasteiger partial charge in [-0.1, -0.05) is 13.8 Å². The van der Waals surface area contributed by atoms with Crippen molar-refractivity contribution in [1.82, 2.24) is 0 Å². The highest BCUT2D eigenvalue weighted by Gasteiger charge is 2.51. The van der Waals surface area contributed by atoms with E-state index in [-0.39, 0.29) is 23.8 Å². The number of hydrogen-bond acceptors (Lipinski definition) is 4. The van der Waals surface area contributed by atoms with Crippen molar-refractivity contribution >= 4 is 11.9 Å². The smallest absolute Gasteiger partial charge is 0.310 e. The zero-order chi connectivity index (χ0) is 14.5. The molecule has 0 radical (unpaired) electrons. The summed E-state index contributed by atoms with van der Waals surface area (Å²) in [5.74, 6) is -0.275. The summed E-state index contributed by atoms with van der Waals surface area (Å²) in [4.78, 5) is 24.6. The standard InChI is InChI=1S/C16H26O4/c1-3-9-19-15(17)13-11-5-7-12(8-6-11)14(13)16(18)20-10-4-2/h11-14H,3-10H2,1-2H3. The molecule has 2 atom stereocenters. The molecular formula is C16H26O4. The SMILES string of the molecule is CCCOC(=O)C1C2CCC(CC2)C1C(=O)OCCC. The second-order valence-corrected chi connectivity index (χ2v) is 6.06. The van der Waals surface area contributed by atoms with Crippen LogP contribution in [-0.4, -0.2) is 25.2 Å². The van der Waals surface area contributed by atoms with E-state index in [2.05, 4.69) is 0 Å². The highest BCUT2D eigenvalue weighted by molar-refractivity contribution is 5.83. The molecule has 2 bridgehead atoms. The molecule has 0 aromatic rings. The predicted octanol–water partition coefficient (Wildman–Crippen LogP) is 2.95. The molecule has 3 aliphatic carbocycles. The minimum atomic E-state index is -0.265. The molecule has 0 heterocycles. The average Bonchev–Trinajstić information content (AvgIpc) is 2.50. The number of esters is 2. The molecule has 2 unspecified atom stereocenters. The minimum absolute atomic E-state index is 0.181. The van der Waals surface area contributed by atoms with Crippen LogP contribution in [0.2, 0.25) is 0 Å². The monoisotopic (exact) mass is 282 g/mol. The first-order valence-electron chi connectivity index (χ1n) is 8.02. The third-order valence-corrected chi connectivity index (χ3v) is 4.66. The van der Waals surface area contributed by atoms with Crippen molar-refractivity contribution in [3.63, 3.8) is 0 Å². The van der Waals surface area contributed by atoms with Crippen molar-refractivity contribution < 1.29 is 19.1 Å². The van der Waals surface area contributed by atoms with Crippen LogP contribution < -0.4 is 0 Å². The van der Waals surface area contributed by atoms with Gasteiger partial charge in [-0.2, -0.15) is 0 Å². The summed E-state index contributed by atoms with van der Waals surface area (Å²) in [6, 6.07) is 0. The van der Waals surface area contributed by atoms with Gasteiger partial charge in [-0.25, -0.2) is 0 Å². The molecule has 3 rings (SSSR count). The fourth-order valence-corrected chi connectivity index (χ4v) is 3.73. The molecule has 3 fully saturated rings. The molecule has 4 heteroatoms. The van der Waals surface area contributed by atoms with Gasteiger partial charge in [0.25, 0.3) is 0 Å². The maximum Gasteiger partial charge on any atom is 0.310 e. The molecule has 0 aliphatic heterocycles. The summed E-state index contributed by atoms with van der Waals surface area (Å²) in [6.45, 7) is 4.85. The lowest BCUT2D eigenvalue weighted by Gasteiger charge is -2.45. The third kappa shape index (κ3) is 3.15. The Balaban J connectivity index is 2.08. The first-order chi connectivity index (χ1) is 9.69. The van der Waals surface area contributed by atoms with Crippen molar-refractivity contribution in [2.75, 3.05) is 13.2 Å². The van der Waals surface area contributed by atoms with E-state index in [0.717, 1.165) is 38.5 Å². The summed E-state index contributed by atoms with van der Waals surface area (Å²) < 4.78 is 10.6. The summed E-state index contributed by atoms with van der Waals surface area (Å²) in [5, 5.41) is 0. The van der Waals surface area contributed by atoms with Gasteiger partial charge in [0.1, 0.15) is 0 Å². The maximum atomic E-state index is 12.3. The Bertz CT molecular complexity index is 310. The molecule has 20 heavy (non-hydrogen) atoms. The number of carbonyl (C=O) groups excluding carboxylic acids is 2. The van der Waals surface area contributed by atoms with Crippen molar-refractivity contribution in [3.8, 4) is 0 Å². The van der Waals surface area contributed by atoms with E-state index >= 15 is 0 Å². The molecule has 3 aliphatic rings. The normalized spacial score (nSPS) is 31.9. The summed E-state index contributed by atoms with van der Waals surface area (Å²) in [7, 11) is 0. The minimum Gasteiger partial charge on any atom is -0.465 e. The Morgan fingerprint density at radius 3 is 1.45 bits per heavy atom. The second-order valence-electron chi connectivity index (χ2n) is 6.06. The molecule has 3 saturated carbocycles. The maximum absolute atomic E-state index is 12.3. The van der Waals surface area contributed by atoms with E-state index in [1.165, 1.54) is 0 Å². The van der Waals surface area contributed by atoms with Crippen LogP contribution in [0.3, 0.4) is 0 Å². The van der Waals surface area contributed by atoms with Crippen LogP contribution in [0.1, 0.15) is 52.4 Å². The summed E-state index contributed by atoms with van der Waals surface area (Å²) in [5.41, 5.74) is 0. The van der Waals surface area contributed by atoms with Crippen LogP contribution in [-0.2, 0) is 19.1 Å². The fraction of sp³-hybridized carbons (Fsp3) is 0.875. The number of carbonyl (C=O) groups is 2. The fourth-order valence-electron chi connectivity index (χ4n) is 3.73. The molecule has 0 N–H and O–H groups in total. The topological polar surface area (TPSA) is 52.6 Å². The zero-order valence-electron chi connectivity index (χ0n) is 12.6. The van der Waals surface area contributed by atoms with E-state index in [4.69, 9.17) is 9.47 Å². The van der Waals surface area contributed by atoms with Crippen LogP contribution in [0.25, 0.3) is 0 Å². The molecule has 0 aromatic carbocycles. The molecule has 0 amide bonds. The largest absolute Gasteiger partial charge is 0.465 e. The molecule has 0 spiro atoms. The van der Waals surface area contributed by atoms with E-state index in [0.29, 0.717) is 25.0 Å². The predicted molar refractivity (Wildman–Crippen MR) is 74.9 cm³/mol. The Morgan fingerprint density at radius 1 is 0.800 bits per heavy atom. The van der Waals surface area contributed by atoms with E-state index in [1.807, 2.05) is 13.8 Å². The van der Waals surface area contributed by atoms with Crippen molar-refractivity contribution in [1.29, 1.82) is 0 Å². The first kappa shape index (κ1) is 15.3. The molecule has 114 valence electrons. The van der Waals surface area contributed by atoms with Crippen LogP contribution in [0, 0.1) is 23.7 Å². The Morgan fingerprint density at radius 2 is 1.15 bits per heavy atom. The average molecular weight is 282 g/mol. The second kappa shape index (κ2) is 7.09. The van der Waals surface area contributed by atoms with Gasteiger partial charge >= 0.3 is 11.9 Å². The quantitative estimate of drug-likeness (QED) is 0.703. The van der Waals surface area contributed by atoms with E-state index < -0.39 is 0 Å². The zero-order valence-corrected chi connectivity index (χ0v) is 12.6. The van der Waals surface area contributed by atoms with Gasteiger partial charge in [-0.15, -0.1) is 0 Å². The van der Waals surface area contributed by atoms with Crippen LogP contribution in [0.15, 0.2) is 0 Å². The van der Waals surface area contributed by atoms with Gasteiger partial charge in [0.2, 0.25) is 0 Å². The van der Waals surface area contributed by atoms with Crippen molar-refractivity contribution in [2.45, 2.75) is 52.4 Å². The molecule has 4 nitrogen and oxygen atoms in total.